The molecular formula is C5H6Br2N2O3. The van der Waals surface area contributed by atoms with Crippen molar-refractivity contribution < 1.29 is 27.0 Å². The van der Waals surface area contributed by atoms with Crippen LogP contribution in [0.15, 0.2) is 6.20 Å². The highest BCUT2D eigenvalue weighted by atomic mass is 80.0. The van der Waals surface area contributed by atoms with Crippen LogP contribution in [0.3, 0.4) is 0 Å². The van der Waals surface area contributed by atoms with Crippen molar-refractivity contribution in [1.29, 1.82) is 0 Å². The number of aryl methyl sites for hydroxylation is 1. The summed E-state index contributed by atoms with van der Waals surface area (Å²) < 4.78 is 26.5. The number of halogens is 2. The predicted octanol–water partition coefficient (Wildman–Crippen LogP) is -1.22. The van der Waals surface area contributed by atoms with E-state index in [1.54, 1.807) is 13.2 Å². The van der Waals surface area contributed by atoms with Gasteiger partial charge in [0.2, 0.25) is 0 Å². The van der Waals surface area contributed by atoms with Gasteiger partial charge in [-0.2, -0.15) is 0 Å². The Morgan fingerprint density at radius 3 is 2.92 bits per heavy atom. The van der Waals surface area contributed by atoms with E-state index in [9.17, 15) is 8.40 Å². The van der Waals surface area contributed by atoms with E-state index in [1.165, 1.54) is 4.68 Å². The maximum atomic E-state index is 10.2. The van der Waals surface area contributed by atoms with E-state index in [0.29, 0.717) is 10.9 Å². The SMILES string of the molecule is Cn1cc(CBr)c(O[Br+2]([O-])[O-])n1. The molecule has 0 atom stereocenters. The molecule has 0 amide bonds. The first-order valence-corrected chi connectivity index (χ1v) is 6.02. The van der Waals surface area contributed by atoms with Crippen molar-refractivity contribution in [3.8, 4) is 5.88 Å². The Kier molecular flexibility index (Phi) is 3.51. The third-order valence-corrected chi connectivity index (χ3v) is 2.32. The molecule has 1 aromatic heterocycles. The lowest BCUT2D eigenvalue weighted by Gasteiger charge is -1.90. The topological polar surface area (TPSA) is 73.2 Å². The number of alkyl halides is 1. The van der Waals surface area contributed by atoms with Gasteiger partial charge < -0.3 is 8.40 Å². The van der Waals surface area contributed by atoms with Crippen LogP contribution in [0.5, 0.6) is 5.88 Å². The summed E-state index contributed by atoms with van der Waals surface area (Å²) in [6.07, 6.45) is 1.69. The molecule has 1 aromatic rings. The summed E-state index contributed by atoms with van der Waals surface area (Å²) >= 11 is -0.0365. The molecule has 0 aliphatic carbocycles. The smallest absolute Gasteiger partial charge is 0.361 e. The summed E-state index contributed by atoms with van der Waals surface area (Å²) in [6, 6.07) is 0. The van der Waals surface area contributed by atoms with Gasteiger partial charge in [0.25, 0.3) is 0 Å². The molecule has 0 saturated carbocycles. The van der Waals surface area contributed by atoms with Crippen LogP contribution >= 0.6 is 15.9 Å². The van der Waals surface area contributed by atoms with Gasteiger partial charge in [-0.3, -0.25) is 4.68 Å². The van der Waals surface area contributed by atoms with Gasteiger partial charge >= 0.3 is 20.7 Å². The molecule has 0 fully saturated rings. The molecule has 0 bridgehead atoms. The predicted molar refractivity (Wildman–Crippen MR) is 36.5 cm³/mol. The van der Waals surface area contributed by atoms with E-state index >= 15 is 0 Å². The van der Waals surface area contributed by atoms with Crippen molar-refractivity contribution >= 4 is 15.9 Å². The fourth-order valence-electron chi connectivity index (χ4n) is 0.733. The molecule has 0 aliphatic heterocycles. The first kappa shape index (κ1) is 9.97. The van der Waals surface area contributed by atoms with Crippen molar-refractivity contribution in [2.24, 2.45) is 7.05 Å². The molecule has 1 rings (SSSR count). The first-order chi connectivity index (χ1) is 5.63. The second-order valence-corrected chi connectivity index (χ2v) is 3.71. The second-order valence-electron chi connectivity index (χ2n) is 2.03. The van der Waals surface area contributed by atoms with Crippen LogP contribution in [0.4, 0.5) is 0 Å². The minimum Gasteiger partial charge on any atom is -0.361 e. The minimum atomic E-state index is -3.22. The highest BCUT2D eigenvalue weighted by Gasteiger charge is 2.20. The fourth-order valence-corrected chi connectivity index (χ4v) is 1.64. The Morgan fingerprint density at radius 2 is 2.42 bits per heavy atom. The largest absolute Gasteiger partial charge is 0.503 e. The third-order valence-electron chi connectivity index (χ3n) is 1.15. The van der Waals surface area contributed by atoms with E-state index < -0.39 is 14.8 Å². The average molecular weight is 302 g/mol. The van der Waals surface area contributed by atoms with Crippen molar-refractivity contribution in [2.45, 2.75) is 5.33 Å². The lowest BCUT2D eigenvalue weighted by molar-refractivity contribution is -1.62. The maximum Gasteiger partial charge on any atom is 0.503 e. The highest BCUT2D eigenvalue weighted by Crippen LogP contribution is 2.18. The number of hydrogen-bond acceptors (Lipinski definition) is 4. The van der Waals surface area contributed by atoms with Gasteiger partial charge in [0.1, 0.15) is 0 Å². The molecule has 0 unspecified atom stereocenters. The molecule has 1 heterocycles. The summed E-state index contributed by atoms with van der Waals surface area (Å²) in [6.45, 7) is 0. The van der Waals surface area contributed by atoms with Crippen LogP contribution in [0.1, 0.15) is 5.56 Å². The molecule has 0 radical (unpaired) electrons. The van der Waals surface area contributed by atoms with Crippen LogP contribution in [0, 0.1) is 14.8 Å². The van der Waals surface area contributed by atoms with Crippen LogP contribution in [0.25, 0.3) is 0 Å². The van der Waals surface area contributed by atoms with Crippen LogP contribution < -0.4 is 12.2 Å². The summed E-state index contributed by atoms with van der Waals surface area (Å²) in [7, 11) is 1.70. The van der Waals surface area contributed by atoms with Gasteiger partial charge in [0, 0.05) is 18.6 Å². The highest BCUT2D eigenvalue weighted by molar-refractivity contribution is 9.08. The normalized spacial score (nSPS) is 10.8. The van der Waals surface area contributed by atoms with Gasteiger partial charge in [0.15, 0.2) is 0 Å². The number of hydrogen-bond donors (Lipinski definition) is 0. The Balaban J connectivity index is 2.81. The fraction of sp³-hybridized carbons (Fsp3) is 0.400. The standard InChI is InChI=1S/C5H6Br2N2O3/c1-9-3-4(2-6)5(8-9)12-7(10)11/h3H,2H2,1H3. The molecule has 12 heavy (non-hydrogen) atoms. The maximum absolute atomic E-state index is 10.2. The zero-order valence-corrected chi connectivity index (χ0v) is 9.33. The summed E-state index contributed by atoms with van der Waals surface area (Å²) in [4.78, 5) is 0. The average Bonchev–Trinajstić information content (AvgIpc) is 2.29. The van der Waals surface area contributed by atoms with Crippen molar-refractivity contribution in [3.63, 3.8) is 0 Å². The Labute approximate surface area is 82.9 Å². The molecule has 5 nitrogen and oxygen atoms in total. The van der Waals surface area contributed by atoms with Gasteiger partial charge in [-0.05, 0) is 0 Å². The quantitative estimate of drug-likeness (QED) is 0.656. The molecule has 0 aromatic carbocycles. The summed E-state index contributed by atoms with van der Waals surface area (Å²) in [5.74, 6) is 0.148. The van der Waals surface area contributed by atoms with E-state index in [0.717, 1.165) is 0 Å². The van der Waals surface area contributed by atoms with Crippen LogP contribution in [0.2, 0.25) is 0 Å². The van der Waals surface area contributed by atoms with Gasteiger partial charge in [-0.15, -0.1) is 8.93 Å². The Morgan fingerprint density at radius 1 is 1.75 bits per heavy atom. The van der Waals surface area contributed by atoms with Crippen molar-refractivity contribution in [3.05, 3.63) is 11.8 Å². The van der Waals surface area contributed by atoms with Crippen LogP contribution in [-0.2, 0) is 12.4 Å². The van der Waals surface area contributed by atoms with Crippen molar-refractivity contribution in [1.82, 2.24) is 9.78 Å². The van der Waals surface area contributed by atoms with E-state index in [4.69, 9.17) is 0 Å². The molecule has 7 heteroatoms. The minimum absolute atomic E-state index is 0.148. The Bertz CT molecular complexity index is 263. The third kappa shape index (κ3) is 2.44. The zero-order chi connectivity index (χ0) is 9.14. The number of nitrogens with zero attached hydrogens (tertiary/aromatic N) is 2. The van der Waals surface area contributed by atoms with Gasteiger partial charge in [-0.1, -0.05) is 15.9 Å². The monoisotopic (exact) mass is 300 g/mol. The van der Waals surface area contributed by atoms with Gasteiger partial charge in [0.05, 0.1) is 5.56 Å². The molecule has 0 N–H and O–H groups in total. The van der Waals surface area contributed by atoms with E-state index in [-0.39, 0.29) is 5.88 Å². The lowest BCUT2D eigenvalue weighted by Crippen LogP contribution is -2.37. The first-order valence-electron chi connectivity index (χ1n) is 2.96. The van der Waals surface area contributed by atoms with Crippen molar-refractivity contribution in [2.75, 3.05) is 0 Å². The molecule has 68 valence electrons. The molecule has 0 spiro atoms. The van der Waals surface area contributed by atoms with E-state index in [1.807, 2.05) is 0 Å². The zero-order valence-electron chi connectivity index (χ0n) is 6.16. The molecular weight excluding hydrogens is 296 g/mol. The Hall–Kier alpha value is -0.110. The molecule has 0 saturated heterocycles. The summed E-state index contributed by atoms with van der Waals surface area (Å²) in [5.41, 5.74) is 0.715. The second kappa shape index (κ2) is 4.22. The number of aromatic nitrogens is 2. The lowest BCUT2D eigenvalue weighted by atomic mass is 10.4. The van der Waals surface area contributed by atoms with Crippen LogP contribution in [-0.4, -0.2) is 9.78 Å². The van der Waals surface area contributed by atoms with E-state index in [2.05, 4.69) is 24.9 Å². The van der Waals surface area contributed by atoms with Gasteiger partial charge in [-0.25, -0.2) is 0 Å². The number of rotatable bonds is 3. The summed E-state index contributed by atoms with van der Waals surface area (Å²) in [5, 5.41) is 4.33. The molecule has 0 aliphatic rings.